The second kappa shape index (κ2) is 20.0. The van der Waals surface area contributed by atoms with Crippen molar-refractivity contribution in [3.05, 3.63) is 24.5 Å². The van der Waals surface area contributed by atoms with Crippen LogP contribution in [0.3, 0.4) is 0 Å². The lowest BCUT2D eigenvalue weighted by atomic mass is 10.1. The number of carbonyl (C=O) groups excluding carboxylic acids is 1. The van der Waals surface area contributed by atoms with Crippen LogP contribution >= 0.6 is 0 Å². The summed E-state index contributed by atoms with van der Waals surface area (Å²) in [6, 6.07) is 0. The second-order valence-electron chi connectivity index (χ2n) is 6.68. The lowest BCUT2D eigenvalue weighted by Gasteiger charge is -1.99. The number of hydrogen-bond acceptors (Lipinski definition) is 2. The van der Waals surface area contributed by atoms with Gasteiger partial charge < -0.3 is 4.74 Å². The molecular formula is C22H40O2. The fraction of sp³-hybridized carbons (Fsp3) is 0.773. The fourth-order valence-electron chi connectivity index (χ4n) is 2.66. The molecule has 0 radical (unpaired) electrons. The predicted octanol–water partition coefficient (Wildman–Crippen LogP) is 7.49. The highest BCUT2D eigenvalue weighted by atomic mass is 16.5. The Morgan fingerprint density at radius 1 is 0.667 bits per heavy atom. The summed E-state index contributed by atoms with van der Waals surface area (Å²) < 4.78 is 5.06. The van der Waals surface area contributed by atoms with E-state index >= 15 is 0 Å². The van der Waals surface area contributed by atoms with Gasteiger partial charge in [0.1, 0.15) is 0 Å². The number of unbranched alkanes of at least 4 members (excludes halogenated alkanes) is 13. The molecule has 0 fully saturated rings. The van der Waals surface area contributed by atoms with E-state index in [-0.39, 0.29) is 5.97 Å². The van der Waals surface area contributed by atoms with E-state index in [0.717, 1.165) is 12.8 Å². The van der Waals surface area contributed by atoms with Gasteiger partial charge in [0.2, 0.25) is 0 Å². The van der Waals surface area contributed by atoms with Crippen LogP contribution in [-0.4, -0.2) is 5.97 Å². The molecule has 0 heterocycles. The molecule has 0 atom stereocenters. The Kier molecular flexibility index (Phi) is 19.1. The smallest absolute Gasteiger partial charge is 0.335 e. The van der Waals surface area contributed by atoms with Gasteiger partial charge in [0.05, 0.1) is 6.26 Å². The van der Waals surface area contributed by atoms with Gasteiger partial charge in [0, 0.05) is 6.08 Å². The molecule has 0 unspecified atom stereocenters. The minimum Gasteiger partial charge on any atom is -0.432 e. The summed E-state index contributed by atoms with van der Waals surface area (Å²) in [5, 5.41) is 0. The molecule has 0 rings (SSSR count). The Morgan fingerprint density at radius 2 is 1.12 bits per heavy atom. The van der Waals surface area contributed by atoms with Crippen LogP contribution in [0, 0.1) is 0 Å². The lowest BCUT2D eigenvalue weighted by molar-refractivity contribution is -0.132. The highest BCUT2D eigenvalue weighted by Crippen LogP contribution is 2.09. The van der Waals surface area contributed by atoms with Crippen molar-refractivity contribution in [2.75, 3.05) is 0 Å². The zero-order valence-corrected chi connectivity index (χ0v) is 16.2. The first-order valence-electron chi connectivity index (χ1n) is 10.3. The van der Waals surface area contributed by atoms with Crippen LogP contribution in [0.15, 0.2) is 24.5 Å². The maximum absolute atomic E-state index is 11.5. The Bertz CT molecular complexity index is 318. The van der Waals surface area contributed by atoms with E-state index in [1.807, 2.05) is 12.2 Å². The summed E-state index contributed by atoms with van der Waals surface area (Å²) in [6.07, 6.45) is 25.9. The summed E-state index contributed by atoms with van der Waals surface area (Å²) in [6.45, 7) is 4.48. The number of rotatable bonds is 17. The SMILES string of the molecule is CCCCCCCCC=CC(=O)OC=CCCCCCCCCC. The van der Waals surface area contributed by atoms with Crippen LogP contribution in [0.25, 0.3) is 0 Å². The number of allylic oxidation sites excluding steroid dienone is 2. The van der Waals surface area contributed by atoms with E-state index in [0.29, 0.717) is 0 Å². The maximum Gasteiger partial charge on any atom is 0.335 e. The molecule has 0 saturated carbocycles. The minimum atomic E-state index is -0.253. The highest BCUT2D eigenvalue weighted by Gasteiger charge is 1.93. The van der Waals surface area contributed by atoms with E-state index in [2.05, 4.69) is 13.8 Å². The molecule has 0 amide bonds. The molecule has 24 heavy (non-hydrogen) atoms. The minimum absolute atomic E-state index is 0.253. The van der Waals surface area contributed by atoms with Gasteiger partial charge in [-0.3, -0.25) is 0 Å². The van der Waals surface area contributed by atoms with Gasteiger partial charge in [-0.15, -0.1) is 0 Å². The fourth-order valence-corrected chi connectivity index (χ4v) is 2.66. The normalized spacial score (nSPS) is 11.6. The van der Waals surface area contributed by atoms with E-state index in [4.69, 9.17) is 4.74 Å². The standard InChI is InChI=1S/C22H40O2/c1-3-5-7-9-11-13-15-17-19-21-24-22(23)20-18-16-14-12-10-8-6-4-2/h18-21H,3-17H2,1-2H3. The van der Waals surface area contributed by atoms with Crippen molar-refractivity contribution in [2.24, 2.45) is 0 Å². The lowest BCUT2D eigenvalue weighted by Crippen LogP contribution is -1.93. The van der Waals surface area contributed by atoms with Gasteiger partial charge >= 0.3 is 5.97 Å². The van der Waals surface area contributed by atoms with Gasteiger partial charge in [-0.2, -0.15) is 0 Å². The van der Waals surface area contributed by atoms with Crippen molar-refractivity contribution in [1.82, 2.24) is 0 Å². The van der Waals surface area contributed by atoms with Gasteiger partial charge in [-0.25, -0.2) is 4.79 Å². The summed E-state index contributed by atoms with van der Waals surface area (Å²) in [4.78, 5) is 11.5. The maximum atomic E-state index is 11.5. The zero-order chi connectivity index (χ0) is 17.7. The Balaban J connectivity index is 3.36. The molecule has 0 aromatic rings. The number of hydrogen-bond donors (Lipinski definition) is 0. The monoisotopic (exact) mass is 336 g/mol. The predicted molar refractivity (Wildman–Crippen MR) is 105 cm³/mol. The van der Waals surface area contributed by atoms with Crippen LogP contribution in [-0.2, 0) is 9.53 Å². The largest absolute Gasteiger partial charge is 0.432 e. The van der Waals surface area contributed by atoms with Crippen molar-refractivity contribution in [1.29, 1.82) is 0 Å². The summed E-state index contributed by atoms with van der Waals surface area (Å²) in [5.41, 5.74) is 0. The van der Waals surface area contributed by atoms with E-state index in [1.165, 1.54) is 83.5 Å². The van der Waals surface area contributed by atoms with Crippen LogP contribution in [0.1, 0.15) is 110 Å². The van der Waals surface area contributed by atoms with Gasteiger partial charge in [0.15, 0.2) is 0 Å². The third-order valence-electron chi connectivity index (χ3n) is 4.23. The molecular weight excluding hydrogens is 296 g/mol. The molecule has 0 aliphatic carbocycles. The zero-order valence-electron chi connectivity index (χ0n) is 16.2. The molecule has 0 spiro atoms. The van der Waals surface area contributed by atoms with Crippen molar-refractivity contribution in [3.63, 3.8) is 0 Å². The van der Waals surface area contributed by atoms with E-state index in [1.54, 1.807) is 12.3 Å². The molecule has 0 saturated heterocycles. The van der Waals surface area contributed by atoms with E-state index in [9.17, 15) is 4.79 Å². The molecule has 0 aromatic heterocycles. The highest BCUT2D eigenvalue weighted by molar-refractivity contribution is 5.82. The van der Waals surface area contributed by atoms with Crippen molar-refractivity contribution in [3.8, 4) is 0 Å². The first-order chi connectivity index (χ1) is 11.8. The van der Waals surface area contributed by atoms with Crippen LogP contribution in [0.4, 0.5) is 0 Å². The quantitative estimate of drug-likeness (QED) is 0.119. The van der Waals surface area contributed by atoms with Crippen LogP contribution in [0.5, 0.6) is 0 Å². The average Bonchev–Trinajstić information content (AvgIpc) is 2.59. The Morgan fingerprint density at radius 3 is 1.67 bits per heavy atom. The first kappa shape index (κ1) is 22.9. The third kappa shape index (κ3) is 19.0. The third-order valence-corrected chi connectivity index (χ3v) is 4.23. The van der Waals surface area contributed by atoms with Gasteiger partial charge in [-0.05, 0) is 31.8 Å². The molecule has 140 valence electrons. The Hall–Kier alpha value is -1.05. The second-order valence-corrected chi connectivity index (χ2v) is 6.68. The summed E-state index contributed by atoms with van der Waals surface area (Å²) in [5.74, 6) is -0.253. The average molecular weight is 337 g/mol. The molecule has 0 aromatic carbocycles. The molecule has 0 N–H and O–H groups in total. The molecule has 0 aliphatic heterocycles. The molecule has 2 heteroatoms. The topological polar surface area (TPSA) is 26.3 Å². The van der Waals surface area contributed by atoms with Gasteiger partial charge in [0.25, 0.3) is 0 Å². The van der Waals surface area contributed by atoms with Crippen LogP contribution in [0.2, 0.25) is 0 Å². The van der Waals surface area contributed by atoms with Gasteiger partial charge in [-0.1, -0.05) is 90.6 Å². The Labute approximate surface area is 150 Å². The summed E-state index contributed by atoms with van der Waals surface area (Å²) >= 11 is 0. The van der Waals surface area contributed by atoms with Crippen molar-refractivity contribution < 1.29 is 9.53 Å². The number of ether oxygens (including phenoxy) is 1. The van der Waals surface area contributed by atoms with Crippen molar-refractivity contribution >= 4 is 5.97 Å². The molecule has 0 bridgehead atoms. The van der Waals surface area contributed by atoms with Crippen molar-refractivity contribution in [2.45, 2.75) is 110 Å². The molecule has 2 nitrogen and oxygen atoms in total. The number of carbonyl (C=O) groups is 1. The number of esters is 1. The first-order valence-corrected chi connectivity index (χ1v) is 10.3. The molecule has 0 aliphatic rings. The van der Waals surface area contributed by atoms with Crippen LogP contribution < -0.4 is 0 Å². The van der Waals surface area contributed by atoms with E-state index < -0.39 is 0 Å². The summed E-state index contributed by atoms with van der Waals surface area (Å²) in [7, 11) is 0.